The third-order valence-electron chi connectivity index (χ3n) is 4.96. The molecule has 1 amide bonds. The Labute approximate surface area is 153 Å². The molecular formula is C20H15FN2O4. The number of carbonyl (C=O) groups is 1. The maximum atomic E-state index is 13.8. The minimum absolute atomic E-state index is 0.160. The third-order valence-corrected chi connectivity index (χ3v) is 4.96. The van der Waals surface area contributed by atoms with Crippen LogP contribution in [0.5, 0.6) is 11.5 Å². The first kappa shape index (κ1) is 15.9. The van der Waals surface area contributed by atoms with Gasteiger partial charge in [-0.25, -0.2) is 4.39 Å². The summed E-state index contributed by atoms with van der Waals surface area (Å²) in [6.07, 6.45) is 1.28. The molecule has 1 N–H and O–H groups in total. The first-order valence-corrected chi connectivity index (χ1v) is 8.59. The van der Waals surface area contributed by atoms with Crippen LogP contribution in [0, 0.1) is 5.82 Å². The van der Waals surface area contributed by atoms with Crippen molar-refractivity contribution < 1.29 is 23.2 Å². The minimum Gasteiger partial charge on any atom is -0.454 e. The lowest BCUT2D eigenvalue weighted by molar-refractivity contribution is -0.118. The summed E-state index contributed by atoms with van der Waals surface area (Å²) in [5.74, 6) is 1.11. The molecule has 1 aromatic heterocycles. The maximum absolute atomic E-state index is 13.8. The van der Waals surface area contributed by atoms with Crippen molar-refractivity contribution in [3.63, 3.8) is 0 Å². The van der Waals surface area contributed by atoms with Crippen molar-refractivity contribution >= 4 is 11.6 Å². The second kappa shape index (κ2) is 5.84. The van der Waals surface area contributed by atoms with Gasteiger partial charge in [-0.05, 0) is 43.2 Å². The second-order valence-corrected chi connectivity index (χ2v) is 6.66. The van der Waals surface area contributed by atoms with Gasteiger partial charge in [-0.3, -0.25) is 4.79 Å². The van der Waals surface area contributed by atoms with E-state index in [-0.39, 0.29) is 18.4 Å². The molecule has 1 fully saturated rings. The van der Waals surface area contributed by atoms with Crippen LogP contribution in [0.1, 0.15) is 18.5 Å². The van der Waals surface area contributed by atoms with E-state index in [9.17, 15) is 9.18 Å². The van der Waals surface area contributed by atoms with Gasteiger partial charge in [0, 0.05) is 11.6 Å². The first-order valence-electron chi connectivity index (χ1n) is 8.59. The lowest BCUT2D eigenvalue weighted by Gasteiger charge is -2.12. The van der Waals surface area contributed by atoms with E-state index in [0.717, 1.165) is 5.56 Å². The highest BCUT2D eigenvalue weighted by Gasteiger charge is 2.54. The lowest BCUT2D eigenvalue weighted by atomic mass is 10.00. The number of amides is 1. The van der Waals surface area contributed by atoms with Crippen molar-refractivity contribution in [3.8, 4) is 22.8 Å². The van der Waals surface area contributed by atoms with Gasteiger partial charge in [0.15, 0.2) is 17.3 Å². The van der Waals surface area contributed by atoms with Gasteiger partial charge in [0.25, 0.3) is 0 Å². The van der Waals surface area contributed by atoms with E-state index in [2.05, 4.69) is 10.5 Å². The van der Waals surface area contributed by atoms with Crippen molar-refractivity contribution in [2.75, 3.05) is 12.1 Å². The largest absolute Gasteiger partial charge is 0.454 e. The number of benzene rings is 2. The molecule has 7 heteroatoms. The summed E-state index contributed by atoms with van der Waals surface area (Å²) in [5.41, 5.74) is 0.709. The predicted octanol–water partition coefficient (Wildman–Crippen LogP) is 3.88. The number of rotatable bonds is 4. The molecule has 5 rings (SSSR count). The Kier molecular flexibility index (Phi) is 3.43. The van der Waals surface area contributed by atoms with Crippen LogP contribution in [0.2, 0.25) is 0 Å². The molecule has 0 atom stereocenters. The summed E-state index contributed by atoms with van der Waals surface area (Å²) in [6.45, 7) is 0.194. The first-order chi connectivity index (χ1) is 13.2. The fraction of sp³-hybridized carbons (Fsp3) is 0.200. The molecule has 2 heterocycles. The van der Waals surface area contributed by atoms with Crippen LogP contribution in [0.25, 0.3) is 11.3 Å². The number of halogens is 1. The predicted molar refractivity (Wildman–Crippen MR) is 94.0 cm³/mol. The van der Waals surface area contributed by atoms with Crippen molar-refractivity contribution in [2.24, 2.45) is 0 Å². The number of anilines is 1. The van der Waals surface area contributed by atoms with Gasteiger partial charge in [0.1, 0.15) is 5.82 Å². The van der Waals surface area contributed by atoms with Crippen LogP contribution >= 0.6 is 0 Å². The molecule has 2 aromatic carbocycles. The molecule has 0 bridgehead atoms. The Hall–Kier alpha value is -3.35. The zero-order valence-electron chi connectivity index (χ0n) is 14.2. The van der Waals surface area contributed by atoms with E-state index >= 15 is 0 Å². The Morgan fingerprint density at radius 3 is 2.70 bits per heavy atom. The average Bonchev–Trinajstić information content (AvgIpc) is 3.13. The Morgan fingerprint density at radius 1 is 1.07 bits per heavy atom. The van der Waals surface area contributed by atoms with Gasteiger partial charge in [-0.15, -0.1) is 0 Å². The average molecular weight is 366 g/mol. The van der Waals surface area contributed by atoms with Gasteiger partial charge in [-0.2, -0.15) is 0 Å². The van der Waals surface area contributed by atoms with Gasteiger partial charge in [0.2, 0.25) is 12.7 Å². The molecule has 3 aromatic rings. The summed E-state index contributed by atoms with van der Waals surface area (Å²) in [7, 11) is 0. The van der Waals surface area contributed by atoms with Crippen LogP contribution in [-0.2, 0) is 10.2 Å². The third kappa shape index (κ3) is 2.63. The van der Waals surface area contributed by atoms with E-state index in [4.69, 9.17) is 14.0 Å². The molecule has 0 unspecified atom stereocenters. The molecule has 27 heavy (non-hydrogen) atoms. The summed E-state index contributed by atoms with van der Waals surface area (Å²) >= 11 is 0. The van der Waals surface area contributed by atoms with Gasteiger partial charge in [-0.1, -0.05) is 17.3 Å². The molecule has 6 nitrogen and oxygen atoms in total. The number of fused-ring (bicyclic) bond motifs is 1. The maximum Gasteiger partial charge on any atom is 0.236 e. The van der Waals surface area contributed by atoms with Crippen molar-refractivity contribution in [1.29, 1.82) is 0 Å². The summed E-state index contributed by atoms with van der Waals surface area (Å²) < 4.78 is 30.0. The number of hydrogen-bond acceptors (Lipinski definition) is 5. The second-order valence-electron chi connectivity index (χ2n) is 6.66. The lowest BCUT2D eigenvalue weighted by Crippen LogP contribution is -2.28. The Balaban J connectivity index is 1.40. The van der Waals surface area contributed by atoms with Crippen LogP contribution in [0.3, 0.4) is 0 Å². The summed E-state index contributed by atoms with van der Waals surface area (Å²) in [6, 6.07) is 13.3. The standard InChI is InChI=1S/C20H15FN2O4/c21-13-3-1-2-4-14(13)22-19(24)20(7-8-20)18-10-16(27-23-18)12-5-6-15-17(9-12)26-11-25-15/h1-6,9-10H,7-8,11H2,(H,22,24). The highest BCUT2D eigenvalue weighted by molar-refractivity contribution is 6.01. The zero-order valence-corrected chi connectivity index (χ0v) is 14.2. The van der Waals surface area contributed by atoms with E-state index in [1.54, 1.807) is 24.3 Å². The van der Waals surface area contributed by atoms with E-state index in [0.29, 0.717) is 35.8 Å². The highest BCUT2D eigenvalue weighted by Crippen LogP contribution is 2.49. The number of ether oxygens (including phenoxy) is 2. The molecule has 2 aliphatic rings. The molecule has 136 valence electrons. The number of nitrogens with one attached hydrogen (secondary N) is 1. The Bertz CT molecular complexity index is 1040. The number of carbonyl (C=O) groups excluding carboxylic acids is 1. The number of hydrogen-bond donors (Lipinski definition) is 1. The topological polar surface area (TPSA) is 73.6 Å². The van der Waals surface area contributed by atoms with Gasteiger partial charge in [0.05, 0.1) is 16.8 Å². The van der Waals surface area contributed by atoms with Crippen LogP contribution in [-0.4, -0.2) is 17.9 Å². The van der Waals surface area contributed by atoms with E-state index < -0.39 is 11.2 Å². The normalized spacial score (nSPS) is 16.2. The smallest absolute Gasteiger partial charge is 0.236 e. The van der Waals surface area contributed by atoms with Gasteiger partial charge < -0.3 is 19.3 Å². The molecule has 0 radical (unpaired) electrons. The van der Waals surface area contributed by atoms with Crippen LogP contribution in [0.15, 0.2) is 53.1 Å². The highest BCUT2D eigenvalue weighted by atomic mass is 19.1. The zero-order chi connectivity index (χ0) is 18.4. The molecular weight excluding hydrogens is 351 g/mol. The van der Waals surface area contributed by atoms with E-state index in [1.165, 1.54) is 12.1 Å². The molecule has 1 saturated carbocycles. The fourth-order valence-corrected chi connectivity index (χ4v) is 3.22. The Morgan fingerprint density at radius 2 is 1.89 bits per heavy atom. The fourth-order valence-electron chi connectivity index (χ4n) is 3.22. The number of para-hydroxylation sites is 1. The monoisotopic (exact) mass is 366 g/mol. The van der Waals surface area contributed by atoms with Crippen LogP contribution < -0.4 is 14.8 Å². The molecule has 1 aliphatic carbocycles. The van der Waals surface area contributed by atoms with Crippen molar-refractivity contribution in [1.82, 2.24) is 5.16 Å². The number of nitrogens with zero attached hydrogens (tertiary/aromatic N) is 1. The minimum atomic E-state index is -0.777. The van der Waals surface area contributed by atoms with Crippen molar-refractivity contribution in [2.45, 2.75) is 18.3 Å². The molecule has 1 aliphatic heterocycles. The van der Waals surface area contributed by atoms with Gasteiger partial charge >= 0.3 is 0 Å². The van der Waals surface area contributed by atoms with Crippen LogP contribution in [0.4, 0.5) is 10.1 Å². The van der Waals surface area contributed by atoms with Crippen molar-refractivity contribution in [3.05, 3.63) is 60.0 Å². The van der Waals surface area contributed by atoms with E-state index in [1.807, 2.05) is 12.1 Å². The summed E-state index contributed by atoms with van der Waals surface area (Å²) in [4.78, 5) is 12.8. The quantitative estimate of drug-likeness (QED) is 0.759. The molecule has 0 spiro atoms. The SMILES string of the molecule is O=C(Nc1ccccc1F)C1(c2cc(-c3ccc4c(c3)OCO4)on2)CC1. The number of aromatic nitrogens is 1. The molecule has 0 saturated heterocycles. The summed E-state index contributed by atoms with van der Waals surface area (Å²) in [5, 5.41) is 6.77.